The Morgan fingerprint density at radius 1 is 1.00 bits per heavy atom. The van der Waals surface area contributed by atoms with E-state index in [1.54, 1.807) is 27.8 Å². The Kier molecular flexibility index (Phi) is 10.9. The van der Waals surface area contributed by atoms with E-state index in [0.717, 1.165) is 37.7 Å². The first-order chi connectivity index (χ1) is 17.9. The van der Waals surface area contributed by atoms with Gasteiger partial charge in [-0.25, -0.2) is 9.07 Å². The zero-order valence-corrected chi connectivity index (χ0v) is 22.3. The molecule has 0 unspecified atom stereocenters. The third kappa shape index (κ3) is 8.85. The summed E-state index contributed by atoms with van der Waals surface area (Å²) < 4.78 is 15.1. The van der Waals surface area contributed by atoms with Crippen molar-refractivity contribution in [2.45, 2.75) is 65.7 Å². The molecule has 6 nitrogen and oxygen atoms in total. The number of hydrogen-bond acceptors (Lipinski definition) is 3. The fraction of sp³-hybridized carbons (Fsp3) is 0.433. The molecule has 0 spiro atoms. The second kappa shape index (κ2) is 14.3. The summed E-state index contributed by atoms with van der Waals surface area (Å²) in [4.78, 5) is 27.8. The van der Waals surface area contributed by atoms with Gasteiger partial charge in [-0.05, 0) is 43.0 Å². The zero-order chi connectivity index (χ0) is 26.6. The summed E-state index contributed by atoms with van der Waals surface area (Å²) in [6, 6.07) is 17.4. The van der Waals surface area contributed by atoms with Crippen molar-refractivity contribution in [2.75, 3.05) is 18.4 Å². The summed E-state index contributed by atoms with van der Waals surface area (Å²) >= 11 is 0. The average molecular weight is 507 g/mol. The first kappa shape index (κ1) is 28.1. The monoisotopic (exact) mass is 506 g/mol. The Morgan fingerprint density at radius 2 is 1.70 bits per heavy atom. The van der Waals surface area contributed by atoms with E-state index in [-0.39, 0.29) is 24.2 Å². The molecule has 0 radical (unpaired) electrons. The van der Waals surface area contributed by atoms with Gasteiger partial charge in [-0.2, -0.15) is 5.10 Å². The van der Waals surface area contributed by atoms with Crippen LogP contribution in [0.4, 0.5) is 10.2 Å². The highest BCUT2D eigenvalue weighted by molar-refractivity contribution is 5.94. The molecule has 198 valence electrons. The van der Waals surface area contributed by atoms with Gasteiger partial charge in [0.05, 0.1) is 17.9 Å². The van der Waals surface area contributed by atoms with E-state index in [0.29, 0.717) is 36.1 Å². The molecule has 0 aliphatic carbocycles. The lowest BCUT2D eigenvalue weighted by Crippen LogP contribution is -2.39. The number of unbranched alkanes of at least 4 members (excludes halogenated alkanes) is 4. The topological polar surface area (TPSA) is 67.2 Å². The van der Waals surface area contributed by atoms with Gasteiger partial charge in [0.2, 0.25) is 11.8 Å². The van der Waals surface area contributed by atoms with Gasteiger partial charge in [-0.3, -0.25) is 9.59 Å². The van der Waals surface area contributed by atoms with Gasteiger partial charge < -0.3 is 10.2 Å². The molecule has 0 saturated heterocycles. The van der Waals surface area contributed by atoms with Crippen LogP contribution in [-0.4, -0.2) is 39.6 Å². The smallest absolute Gasteiger partial charge is 0.245 e. The molecule has 3 rings (SSSR count). The van der Waals surface area contributed by atoms with Crippen LogP contribution in [0.1, 0.15) is 65.7 Å². The molecule has 0 atom stereocenters. The van der Waals surface area contributed by atoms with Gasteiger partial charge in [0.25, 0.3) is 0 Å². The van der Waals surface area contributed by atoms with Gasteiger partial charge in [-0.1, -0.05) is 76.8 Å². The molecule has 0 bridgehead atoms. The van der Waals surface area contributed by atoms with Crippen molar-refractivity contribution in [3.8, 4) is 16.9 Å². The fourth-order valence-corrected chi connectivity index (χ4v) is 4.10. The van der Waals surface area contributed by atoms with Crippen molar-refractivity contribution in [1.29, 1.82) is 0 Å². The van der Waals surface area contributed by atoms with E-state index < -0.39 is 0 Å². The van der Waals surface area contributed by atoms with E-state index in [2.05, 4.69) is 31.2 Å². The predicted molar refractivity (Wildman–Crippen MR) is 147 cm³/mol. The molecular weight excluding hydrogens is 467 g/mol. The van der Waals surface area contributed by atoms with Crippen LogP contribution in [0.3, 0.4) is 0 Å². The Morgan fingerprint density at radius 3 is 2.38 bits per heavy atom. The van der Waals surface area contributed by atoms with Crippen LogP contribution in [0.5, 0.6) is 0 Å². The lowest BCUT2D eigenvalue weighted by molar-refractivity contribution is -0.135. The molecule has 37 heavy (non-hydrogen) atoms. The van der Waals surface area contributed by atoms with Gasteiger partial charge in [-0.15, -0.1) is 0 Å². The standard InChI is InChI=1S/C30H39FN4O2/c1-4-5-6-7-11-14-30(37)34(20-19-23(2)3)22-29(36)32-28-21-27(24-12-9-8-10-13-24)33-35(28)26-17-15-25(31)16-18-26/h8-10,12-13,15-18,21,23H,4-7,11,14,19-20,22H2,1-3H3,(H,32,36). The van der Waals surface area contributed by atoms with Crippen LogP contribution in [0.2, 0.25) is 0 Å². The third-order valence-electron chi connectivity index (χ3n) is 6.28. The van der Waals surface area contributed by atoms with Crippen molar-refractivity contribution >= 4 is 17.6 Å². The van der Waals surface area contributed by atoms with Gasteiger partial charge in [0.1, 0.15) is 11.6 Å². The molecule has 1 aromatic heterocycles. The van der Waals surface area contributed by atoms with Crippen molar-refractivity contribution in [1.82, 2.24) is 14.7 Å². The first-order valence-corrected chi connectivity index (χ1v) is 13.4. The van der Waals surface area contributed by atoms with Crippen LogP contribution in [0, 0.1) is 11.7 Å². The molecule has 3 aromatic rings. The van der Waals surface area contributed by atoms with Crippen LogP contribution >= 0.6 is 0 Å². The number of nitrogens with zero attached hydrogens (tertiary/aromatic N) is 3. The zero-order valence-electron chi connectivity index (χ0n) is 22.3. The quantitative estimate of drug-likeness (QED) is 0.243. The number of hydrogen-bond donors (Lipinski definition) is 1. The number of benzene rings is 2. The minimum Gasteiger partial charge on any atom is -0.333 e. The summed E-state index contributed by atoms with van der Waals surface area (Å²) in [7, 11) is 0. The molecule has 0 fully saturated rings. The highest BCUT2D eigenvalue weighted by Gasteiger charge is 2.20. The fourth-order valence-electron chi connectivity index (χ4n) is 4.10. The van der Waals surface area contributed by atoms with E-state index in [1.165, 1.54) is 18.6 Å². The van der Waals surface area contributed by atoms with Crippen LogP contribution in [-0.2, 0) is 9.59 Å². The number of amides is 2. The number of carbonyl (C=O) groups is 2. The van der Waals surface area contributed by atoms with Crippen molar-refractivity contribution < 1.29 is 14.0 Å². The maximum absolute atomic E-state index is 13.5. The highest BCUT2D eigenvalue weighted by atomic mass is 19.1. The lowest BCUT2D eigenvalue weighted by atomic mass is 10.1. The highest BCUT2D eigenvalue weighted by Crippen LogP contribution is 2.25. The van der Waals surface area contributed by atoms with E-state index in [1.807, 2.05) is 30.3 Å². The molecule has 2 aromatic carbocycles. The van der Waals surface area contributed by atoms with Crippen molar-refractivity contribution in [3.05, 3.63) is 66.5 Å². The maximum atomic E-state index is 13.5. The third-order valence-corrected chi connectivity index (χ3v) is 6.28. The number of nitrogens with one attached hydrogen (secondary N) is 1. The molecule has 0 saturated carbocycles. The minimum atomic E-state index is -0.348. The molecule has 0 aliphatic rings. The summed E-state index contributed by atoms with van der Waals surface area (Å²) in [5.74, 6) is 0.275. The summed E-state index contributed by atoms with van der Waals surface area (Å²) in [6.45, 7) is 6.92. The van der Waals surface area contributed by atoms with Gasteiger partial charge in [0, 0.05) is 24.6 Å². The van der Waals surface area contributed by atoms with Gasteiger partial charge in [0.15, 0.2) is 0 Å². The Balaban J connectivity index is 1.76. The van der Waals surface area contributed by atoms with Crippen molar-refractivity contribution in [2.24, 2.45) is 5.92 Å². The lowest BCUT2D eigenvalue weighted by Gasteiger charge is -2.23. The molecule has 2 amide bonds. The maximum Gasteiger partial charge on any atom is 0.245 e. The SMILES string of the molecule is CCCCCCCC(=O)N(CCC(C)C)CC(=O)Nc1cc(-c2ccccc2)nn1-c1ccc(F)cc1. The van der Waals surface area contributed by atoms with E-state index in [9.17, 15) is 14.0 Å². The minimum absolute atomic E-state index is 0.0179. The number of anilines is 1. The van der Waals surface area contributed by atoms with E-state index >= 15 is 0 Å². The van der Waals surface area contributed by atoms with Crippen LogP contribution in [0.15, 0.2) is 60.7 Å². The molecular formula is C30H39FN4O2. The predicted octanol–water partition coefficient (Wildman–Crippen LogP) is 6.85. The Bertz CT molecular complexity index is 1130. The number of rotatable bonds is 14. The molecule has 7 heteroatoms. The second-order valence-electron chi connectivity index (χ2n) is 9.88. The summed E-state index contributed by atoms with van der Waals surface area (Å²) in [5.41, 5.74) is 2.20. The molecule has 1 heterocycles. The van der Waals surface area contributed by atoms with Crippen LogP contribution < -0.4 is 5.32 Å². The molecule has 0 aliphatic heterocycles. The summed E-state index contributed by atoms with van der Waals surface area (Å²) in [5, 5.41) is 7.62. The first-order valence-electron chi connectivity index (χ1n) is 13.4. The van der Waals surface area contributed by atoms with Crippen molar-refractivity contribution in [3.63, 3.8) is 0 Å². The largest absolute Gasteiger partial charge is 0.333 e. The Labute approximate surface area is 219 Å². The molecule has 1 N–H and O–H groups in total. The van der Waals surface area contributed by atoms with Crippen LogP contribution in [0.25, 0.3) is 16.9 Å². The number of aromatic nitrogens is 2. The van der Waals surface area contributed by atoms with Gasteiger partial charge >= 0.3 is 0 Å². The average Bonchev–Trinajstić information content (AvgIpc) is 3.30. The number of carbonyl (C=O) groups excluding carboxylic acids is 2. The summed E-state index contributed by atoms with van der Waals surface area (Å²) in [6.07, 6.45) is 6.64. The normalized spacial score (nSPS) is 11.1. The second-order valence-corrected chi connectivity index (χ2v) is 9.88. The Hall–Kier alpha value is -3.48. The number of halogens is 1. The van der Waals surface area contributed by atoms with E-state index in [4.69, 9.17) is 0 Å².